The number of hydrogen-bond acceptors (Lipinski definition) is 4. The molecule has 0 radical (unpaired) electrons. The number of para-hydroxylation sites is 1. The summed E-state index contributed by atoms with van der Waals surface area (Å²) in [5.41, 5.74) is 2.25. The van der Waals surface area contributed by atoms with Crippen LogP contribution >= 0.6 is 15.9 Å². The number of amides is 2. The lowest BCUT2D eigenvalue weighted by molar-refractivity contribution is -0.139. The Kier molecular flexibility index (Phi) is 8.64. The molecule has 0 saturated heterocycles. The van der Waals surface area contributed by atoms with Gasteiger partial charge in [0.2, 0.25) is 21.8 Å². The van der Waals surface area contributed by atoms with Crippen LogP contribution in [0.15, 0.2) is 53.0 Å². The second-order valence-corrected chi connectivity index (χ2v) is 10.1. The summed E-state index contributed by atoms with van der Waals surface area (Å²) in [6.45, 7) is 5.59. The molecule has 31 heavy (non-hydrogen) atoms. The van der Waals surface area contributed by atoms with Crippen molar-refractivity contribution in [2.45, 2.75) is 33.4 Å². The number of carbonyl (C=O) groups is 2. The minimum Gasteiger partial charge on any atom is -0.355 e. The molecule has 2 aromatic carbocycles. The first-order chi connectivity index (χ1) is 14.5. The molecule has 1 atom stereocenters. The highest BCUT2D eigenvalue weighted by atomic mass is 79.9. The average molecular weight is 510 g/mol. The molecule has 0 unspecified atom stereocenters. The van der Waals surface area contributed by atoms with E-state index in [2.05, 4.69) is 21.2 Å². The molecule has 0 aromatic heterocycles. The van der Waals surface area contributed by atoms with Crippen molar-refractivity contribution in [1.29, 1.82) is 0 Å². The van der Waals surface area contributed by atoms with Gasteiger partial charge in [0.25, 0.3) is 0 Å². The molecule has 2 amide bonds. The largest absolute Gasteiger partial charge is 0.355 e. The van der Waals surface area contributed by atoms with Crippen molar-refractivity contribution in [3.63, 3.8) is 0 Å². The summed E-state index contributed by atoms with van der Waals surface area (Å²) in [4.78, 5) is 27.3. The molecule has 9 heteroatoms. The van der Waals surface area contributed by atoms with Gasteiger partial charge in [-0.05, 0) is 54.4 Å². The van der Waals surface area contributed by atoms with Gasteiger partial charge in [0.1, 0.15) is 12.6 Å². The molecule has 0 aliphatic heterocycles. The van der Waals surface area contributed by atoms with Crippen molar-refractivity contribution in [2.75, 3.05) is 23.7 Å². The molecule has 1 N–H and O–H groups in total. The van der Waals surface area contributed by atoms with Crippen LogP contribution in [0, 0.1) is 6.92 Å². The first kappa shape index (κ1) is 24.9. The highest BCUT2D eigenvalue weighted by Crippen LogP contribution is 2.28. The van der Waals surface area contributed by atoms with Crippen LogP contribution in [0.1, 0.15) is 25.0 Å². The molecule has 2 rings (SSSR count). The number of halogens is 1. The number of carbonyl (C=O) groups excluding carboxylic acids is 2. The van der Waals surface area contributed by atoms with E-state index in [9.17, 15) is 18.0 Å². The molecule has 0 aliphatic rings. The zero-order valence-corrected chi connectivity index (χ0v) is 20.5. The molecule has 2 aromatic rings. The van der Waals surface area contributed by atoms with Crippen LogP contribution in [0.2, 0.25) is 0 Å². The number of aryl methyl sites for hydroxylation is 1. The summed E-state index contributed by atoms with van der Waals surface area (Å²) in [6, 6.07) is 13.7. The van der Waals surface area contributed by atoms with Crippen LogP contribution in [0.25, 0.3) is 0 Å². The number of hydrogen-bond donors (Lipinski definition) is 1. The average Bonchev–Trinajstić information content (AvgIpc) is 2.69. The SMILES string of the molecule is CCNC(=O)[C@@H](C)N(Cc1cccc(C)c1)C(=O)CN(c1ccccc1Br)S(C)(=O)=O. The van der Waals surface area contributed by atoms with E-state index in [1.165, 1.54) is 4.90 Å². The highest BCUT2D eigenvalue weighted by molar-refractivity contribution is 9.10. The van der Waals surface area contributed by atoms with Crippen LogP contribution in [0.5, 0.6) is 0 Å². The molecule has 0 saturated carbocycles. The third-order valence-corrected chi connectivity index (χ3v) is 6.55. The van der Waals surface area contributed by atoms with Gasteiger partial charge in [0.15, 0.2) is 0 Å². The van der Waals surface area contributed by atoms with E-state index in [4.69, 9.17) is 0 Å². The lowest BCUT2D eigenvalue weighted by Gasteiger charge is -2.31. The van der Waals surface area contributed by atoms with Gasteiger partial charge in [-0.1, -0.05) is 42.0 Å². The second-order valence-electron chi connectivity index (χ2n) is 7.30. The lowest BCUT2D eigenvalue weighted by atomic mass is 10.1. The van der Waals surface area contributed by atoms with Crippen LogP contribution in [-0.2, 0) is 26.2 Å². The Morgan fingerprint density at radius 1 is 1.13 bits per heavy atom. The Balaban J connectivity index is 2.40. The number of likely N-dealkylation sites (N-methyl/N-ethyl adjacent to an activating group) is 1. The summed E-state index contributed by atoms with van der Waals surface area (Å²) in [5, 5.41) is 2.73. The third kappa shape index (κ3) is 6.80. The summed E-state index contributed by atoms with van der Waals surface area (Å²) >= 11 is 3.36. The van der Waals surface area contributed by atoms with Crippen molar-refractivity contribution in [3.05, 3.63) is 64.1 Å². The predicted molar refractivity (Wildman–Crippen MR) is 126 cm³/mol. The zero-order chi connectivity index (χ0) is 23.2. The summed E-state index contributed by atoms with van der Waals surface area (Å²) < 4.78 is 26.6. The highest BCUT2D eigenvalue weighted by Gasteiger charge is 2.30. The third-order valence-electron chi connectivity index (χ3n) is 4.75. The van der Waals surface area contributed by atoms with Gasteiger partial charge in [-0.2, -0.15) is 0 Å². The molecular weight excluding hydrogens is 482 g/mol. The first-order valence-electron chi connectivity index (χ1n) is 9.89. The molecule has 0 heterocycles. The number of rotatable bonds is 9. The van der Waals surface area contributed by atoms with Gasteiger partial charge in [0.05, 0.1) is 11.9 Å². The van der Waals surface area contributed by atoms with Gasteiger partial charge in [0, 0.05) is 17.6 Å². The van der Waals surface area contributed by atoms with E-state index in [1.807, 2.05) is 31.2 Å². The normalized spacial score (nSPS) is 12.2. The van der Waals surface area contributed by atoms with Crippen molar-refractivity contribution < 1.29 is 18.0 Å². The van der Waals surface area contributed by atoms with E-state index in [0.29, 0.717) is 16.7 Å². The molecule has 0 bridgehead atoms. The van der Waals surface area contributed by atoms with Gasteiger partial charge < -0.3 is 10.2 Å². The van der Waals surface area contributed by atoms with Crippen LogP contribution in [-0.4, -0.2) is 50.5 Å². The molecule has 0 fully saturated rings. The number of nitrogens with zero attached hydrogens (tertiary/aromatic N) is 2. The van der Waals surface area contributed by atoms with E-state index in [0.717, 1.165) is 21.7 Å². The Bertz CT molecular complexity index is 1040. The number of nitrogens with one attached hydrogen (secondary N) is 1. The van der Waals surface area contributed by atoms with Crippen LogP contribution in [0.3, 0.4) is 0 Å². The van der Waals surface area contributed by atoms with Gasteiger partial charge >= 0.3 is 0 Å². The molecule has 0 aliphatic carbocycles. The summed E-state index contributed by atoms with van der Waals surface area (Å²) in [6.07, 6.45) is 1.05. The smallest absolute Gasteiger partial charge is 0.244 e. The fraction of sp³-hybridized carbons (Fsp3) is 0.364. The quantitative estimate of drug-likeness (QED) is 0.562. The van der Waals surface area contributed by atoms with E-state index in [-0.39, 0.29) is 12.5 Å². The van der Waals surface area contributed by atoms with Crippen molar-refractivity contribution >= 4 is 43.5 Å². The second kappa shape index (κ2) is 10.8. The lowest BCUT2D eigenvalue weighted by Crippen LogP contribution is -2.51. The topological polar surface area (TPSA) is 86.8 Å². The minimum absolute atomic E-state index is 0.187. The maximum atomic E-state index is 13.3. The Labute approximate surface area is 192 Å². The standard InChI is InChI=1S/C22H28BrN3O4S/c1-5-24-22(28)17(3)25(14-18-10-8-9-16(2)13-18)21(27)15-26(31(4,29)30)20-12-7-6-11-19(20)23/h6-13,17H,5,14-15H2,1-4H3,(H,24,28)/t17-/m1/s1. The Morgan fingerprint density at radius 3 is 2.39 bits per heavy atom. The Morgan fingerprint density at radius 2 is 1.81 bits per heavy atom. The number of anilines is 1. The van der Waals surface area contributed by atoms with Crippen molar-refractivity contribution in [2.24, 2.45) is 0 Å². The van der Waals surface area contributed by atoms with Gasteiger partial charge in [-0.3, -0.25) is 13.9 Å². The minimum atomic E-state index is -3.75. The van der Waals surface area contributed by atoms with Crippen LogP contribution in [0.4, 0.5) is 5.69 Å². The number of benzene rings is 2. The van der Waals surface area contributed by atoms with E-state index >= 15 is 0 Å². The molecule has 0 spiro atoms. The van der Waals surface area contributed by atoms with Gasteiger partial charge in [-0.15, -0.1) is 0 Å². The van der Waals surface area contributed by atoms with Crippen molar-refractivity contribution in [1.82, 2.24) is 10.2 Å². The fourth-order valence-corrected chi connectivity index (χ4v) is 4.64. The number of sulfonamides is 1. The molecule has 7 nitrogen and oxygen atoms in total. The van der Waals surface area contributed by atoms with E-state index < -0.39 is 28.5 Å². The predicted octanol–water partition coefficient (Wildman–Crippen LogP) is 3.08. The fourth-order valence-electron chi connectivity index (χ4n) is 3.16. The monoisotopic (exact) mass is 509 g/mol. The molecular formula is C22H28BrN3O4S. The van der Waals surface area contributed by atoms with E-state index in [1.54, 1.807) is 38.1 Å². The maximum Gasteiger partial charge on any atom is 0.244 e. The first-order valence-corrected chi connectivity index (χ1v) is 12.5. The summed E-state index contributed by atoms with van der Waals surface area (Å²) in [7, 11) is -3.75. The maximum absolute atomic E-state index is 13.3. The van der Waals surface area contributed by atoms with Gasteiger partial charge in [-0.25, -0.2) is 8.42 Å². The molecule has 168 valence electrons. The summed E-state index contributed by atoms with van der Waals surface area (Å²) in [5.74, 6) is -0.767. The Hall–Kier alpha value is -2.39. The van der Waals surface area contributed by atoms with Crippen molar-refractivity contribution in [3.8, 4) is 0 Å². The zero-order valence-electron chi connectivity index (χ0n) is 18.1. The van der Waals surface area contributed by atoms with Crippen LogP contribution < -0.4 is 9.62 Å².